The van der Waals surface area contributed by atoms with Crippen molar-refractivity contribution in [3.8, 4) is 0 Å². The summed E-state index contributed by atoms with van der Waals surface area (Å²) in [5.74, 6) is 0. The fourth-order valence-electron chi connectivity index (χ4n) is 0.888. The van der Waals surface area contributed by atoms with Crippen molar-refractivity contribution >= 4 is 6.09 Å². The van der Waals surface area contributed by atoms with Crippen molar-refractivity contribution in [3.05, 3.63) is 10.1 Å². The van der Waals surface area contributed by atoms with Crippen LogP contribution in [0.4, 0.5) is 4.79 Å². The summed E-state index contributed by atoms with van der Waals surface area (Å²) in [6, 6.07) is -1.01. The number of aliphatic hydroxyl groups excluding tert-OH is 1. The molecular weight excluding hydrogens is 192 g/mol. The van der Waals surface area contributed by atoms with Crippen LogP contribution in [0.15, 0.2) is 0 Å². The van der Waals surface area contributed by atoms with Gasteiger partial charge >= 0.3 is 6.09 Å². The molecule has 14 heavy (non-hydrogen) atoms. The smallest absolute Gasteiger partial charge is 0.404 e. The number of nitrogens with zero attached hydrogens (tertiary/aromatic N) is 1. The van der Waals surface area contributed by atoms with Gasteiger partial charge in [-0.3, -0.25) is 10.1 Å². The number of carbonyl (C=O) groups is 1. The topological polar surface area (TPSA) is 113 Å². The standard InChI is InChI=1S/C7H14N2O5/c1-5(9(13)14)6(10)3-2-4-8-7(11)12/h5-6,8,10H,2-4H2,1H3,(H,11,12). The van der Waals surface area contributed by atoms with E-state index in [0.29, 0.717) is 6.42 Å². The van der Waals surface area contributed by atoms with Gasteiger partial charge in [-0.05, 0) is 12.8 Å². The molecule has 0 aliphatic carbocycles. The van der Waals surface area contributed by atoms with Crippen molar-refractivity contribution in [1.29, 1.82) is 0 Å². The zero-order valence-corrected chi connectivity index (χ0v) is 7.84. The van der Waals surface area contributed by atoms with Crippen LogP contribution in [0.3, 0.4) is 0 Å². The van der Waals surface area contributed by atoms with Crippen LogP contribution in [0.2, 0.25) is 0 Å². The SMILES string of the molecule is CC(C(O)CCCNC(=O)O)[N+](=O)[O-]. The molecule has 0 aromatic heterocycles. The van der Waals surface area contributed by atoms with Gasteiger partial charge in [0.15, 0.2) is 0 Å². The van der Waals surface area contributed by atoms with Crippen LogP contribution in [0, 0.1) is 10.1 Å². The number of hydrogen-bond acceptors (Lipinski definition) is 4. The first-order valence-electron chi connectivity index (χ1n) is 4.23. The molecule has 3 N–H and O–H groups in total. The first kappa shape index (κ1) is 12.6. The number of hydrogen-bond donors (Lipinski definition) is 3. The normalized spacial score (nSPS) is 14.4. The highest BCUT2D eigenvalue weighted by Gasteiger charge is 2.23. The summed E-state index contributed by atoms with van der Waals surface area (Å²) in [7, 11) is 0. The number of nitro groups is 1. The summed E-state index contributed by atoms with van der Waals surface area (Å²) in [4.78, 5) is 19.7. The van der Waals surface area contributed by atoms with Crippen molar-refractivity contribution < 1.29 is 19.9 Å². The third-order valence-electron chi connectivity index (χ3n) is 1.84. The molecule has 0 aliphatic heterocycles. The Kier molecular flexibility index (Phi) is 5.54. The number of aliphatic hydroxyl groups is 1. The quantitative estimate of drug-likeness (QED) is 0.323. The van der Waals surface area contributed by atoms with Gasteiger partial charge in [-0.1, -0.05) is 0 Å². The Bertz CT molecular complexity index is 208. The third-order valence-corrected chi connectivity index (χ3v) is 1.84. The number of amides is 1. The first-order chi connectivity index (χ1) is 6.45. The minimum Gasteiger partial charge on any atom is -0.465 e. The number of nitrogens with one attached hydrogen (secondary N) is 1. The van der Waals surface area contributed by atoms with Crippen LogP contribution in [0.25, 0.3) is 0 Å². The number of carboxylic acid groups (broad SMARTS) is 1. The highest BCUT2D eigenvalue weighted by atomic mass is 16.6. The molecule has 0 bridgehead atoms. The van der Waals surface area contributed by atoms with Gasteiger partial charge in [0, 0.05) is 18.4 Å². The molecule has 0 fully saturated rings. The lowest BCUT2D eigenvalue weighted by molar-refractivity contribution is -0.530. The lowest BCUT2D eigenvalue weighted by Crippen LogP contribution is -2.31. The summed E-state index contributed by atoms with van der Waals surface area (Å²) in [5, 5.41) is 29.8. The van der Waals surface area contributed by atoms with Crippen molar-refractivity contribution in [3.63, 3.8) is 0 Å². The van der Waals surface area contributed by atoms with Crippen molar-refractivity contribution in [2.45, 2.75) is 31.9 Å². The van der Waals surface area contributed by atoms with Crippen LogP contribution in [-0.2, 0) is 0 Å². The molecule has 82 valence electrons. The maximum absolute atomic E-state index is 10.2. The Labute approximate surface area is 80.9 Å². The Morgan fingerprint density at radius 1 is 1.64 bits per heavy atom. The minimum atomic E-state index is -1.14. The van der Waals surface area contributed by atoms with E-state index in [-0.39, 0.29) is 13.0 Å². The average molecular weight is 206 g/mol. The van der Waals surface area contributed by atoms with E-state index in [1.165, 1.54) is 6.92 Å². The molecule has 0 aliphatic rings. The molecule has 0 saturated heterocycles. The van der Waals surface area contributed by atoms with Gasteiger partial charge in [0.25, 0.3) is 0 Å². The lowest BCUT2D eigenvalue weighted by Gasteiger charge is -2.11. The van der Waals surface area contributed by atoms with Gasteiger partial charge in [-0.25, -0.2) is 4.79 Å². The van der Waals surface area contributed by atoms with Crippen molar-refractivity contribution in [2.24, 2.45) is 0 Å². The van der Waals surface area contributed by atoms with E-state index in [4.69, 9.17) is 5.11 Å². The summed E-state index contributed by atoms with van der Waals surface area (Å²) in [5.41, 5.74) is 0. The fourth-order valence-corrected chi connectivity index (χ4v) is 0.888. The van der Waals surface area contributed by atoms with Gasteiger partial charge < -0.3 is 15.5 Å². The van der Waals surface area contributed by atoms with Gasteiger partial charge in [0.2, 0.25) is 6.04 Å². The Hall–Kier alpha value is -1.37. The molecule has 0 rings (SSSR count). The zero-order chi connectivity index (χ0) is 11.1. The second-order valence-corrected chi connectivity index (χ2v) is 2.97. The molecule has 0 spiro atoms. The predicted molar refractivity (Wildman–Crippen MR) is 47.7 cm³/mol. The van der Waals surface area contributed by atoms with Crippen LogP contribution >= 0.6 is 0 Å². The van der Waals surface area contributed by atoms with Gasteiger partial charge in [0.1, 0.15) is 6.10 Å². The molecule has 1 amide bonds. The molecule has 0 radical (unpaired) electrons. The van der Waals surface area contributed by atoms with Gasteiger partial charge in [-0.2, -0.15) is 0 Å². The largest absolute Gasteiger partial charge is 0.465 e. The van der Waals surface area contributed by atoms with Crippen molar-refractivity contribution in [1.82, 2.24) is 5.32 Å². The highest BCUT2D eigenvalue weighted by molar-refractivity contribution is 5.64. The fraction of sp³-hybridized carbons (Fsp3) is 0.857. The van der Waals surface area contributed by atoms with Crippen LogP contribution in [0.5, 0.6) is 0 Å². The van der Waals surface area contributed by atoms with Crippen molar-refractivity contribution in [2.75, 3.05) is 6.54 Å². The molecule has 7 nitrogen and oxygen atoms in total. The first-order valence-corrected chi connectivity index (χ1v) is 4.23. The second-order valence-electron chi connectivity index (χ2n) is 2.97. The molecule has 2 atom stereocenters. The Morgan fingerprint density at radius 3 is 2.64 bits per heavy atom. The maximum atomic E-state index is 10.2. The number of rotatable bonds is 6. The van der Waals surface area contributed by atoms with Crippen LogP contribution in [-0.4, -0.2) is 39.9 Å². The van der Waals surface area contributed by atoms with Crippen LogP contribution < -0.4 is 5.32 Å². The van der Waals surface area contributed by atoms with E-state index in [1.54, 1.807) is 0 Å². The van der Waals surface area contributed by atoms with Crippen LogP contribution in [0.1, 0.15) is 19.8 Å². The summed E-state index contributed by atoms with van der Waals surface area (Å²) < 4.78 is 0. The molecule has 7 heteroatoms. The van der Waals surface area contributed by atoms with E-state index in [1.807, 2.05) is 0 Å². The van der Waals surface area contributed by atoms with E-state index in [9.17, 15) is 20.0 Å². The molecule has 0 aromatic carbocycles. The third kappa shape index (κ3) is 5.31. The molecule has 0 saturated carbocycles. The zero-order valence-electron chi connectivity index (χ0n) is 7.84. The predicted octanol–water partition coefficient (Wildman–Crippen LogP) is 0.0603. The lowest BCUT2D eigenvalue weighted by atomic mass is 10.1. The monoisotopic (exact) mass is 206 g/mol. The average Bonchev–Trinajstić information content (AvgIpc) is 2.10. The van der Waals surface area contributed by atoms with E-state index >= 15 is 0 Å². The molecule has 2 unspecified atom stereocenters. The molecular formula is C7H14N2O5. The minimum absolute atomic E-state index is 0.191. The molecule has 0 aromatic rings. The Morgan fingerprint density at radius 2 is 2.21 bits per heavy atom. The van der Waals surface area contributed by atoms with E-state index in [0.717, 1.165) is 0 Å². The molecule has 0 heterocycles. The van der Waals surface area contributed by atoms with E-state index in [2.05, 4.69) is 5.32 Å². The summed E-state index contributed by atoms with van der Waals surface area (Å²) in [6.07, 6.45) is -1.57. The maximum Gasteiger partial charge on any atom is 0.404 e. The van der Waals surface area contributed by atoms with E-state index < -0.39 is 23.2 Å². The summed E-state index contributed by atoms with van der Waals surface area (Å²) >= 11 is 0. The Balaban J connectivity index is 3.58. The highest BCUT2D eigenvalue weighted by Crippen LogP contribution is 2.04. The van der Waals surface area contributed by atoms with Gasteiger partial charge in [0.05, 0.1) is 0 Å². The summed E-state index contributed by atoms with van der Waals surface area (Å²) in [6.45, 7) is 1.51. The van der Waals surface area contributed by atoms with Gasteiger partial charge in [-0.15, -0.1) is 0 Å². The second kappa shape index (κ2) is 6.14.